The Hall–Kier alpha value is -1.10. The number of likely N-dealkylation sites (tertiary alicyclic amines) is 1. The number of carboxylic acid groups (broad SMARTS) is 1. The maximum Gasteiger partial charge on any atom is 0.306 e. The first-order valence-corrected chi connectivity index (χ1v) is 7.07. The third-order valence-electron chi connectivity index (χ3n) is 4.10. The monoisotopic (exact) mass is 270 g/mol. The van der Waals surface area contributed by atoms with Gasteiger partial charge in [0.1, 0.15) is 0 Å². The van der Waals surface area contributed by atoms with Crippen LogP contribution in [-0.4, -0.2) is 47.1 Å². The van der Waals surface area contributed by atoms with Crippen LogP contribution in [0.3, 0.4) is 0 Å². The summed E-state index contributed by atoms with van der Waals surface area (Å²) in [7, 11) is 0. The Kier molecular flexibility index (Phi) is 5.79. The topological polar surface area (TPSA) is 69.6 Å². The summed E-state index contributed by atoms with van der Waals surface area (Å²) in [5, 5.41) is 12.0. The molecular formula is C14H26N2O3. The van der Waals surface area contributed by atoms with Gasteiger partial charge in [0.05, 0.1) is 12.5 Å². The van der Waals surface area contributed by atoms with Crippen LogP contribution in [-0.2, 0) is 9.59 Å². The molecular weight excluding hydrogens is 244 g/mol. The highest BCUT2D eigenvalue weighted by molar-refractivity contribution is 5.78. The molecule has 0 saturated carbocycles. The largest absolute Gasteiger partial charge is 0.481 e. The van der Waals surface area contributed by atoms with Crippen LogP contribution in [0.2, 0.25) is 0 Å². The number of rotatable bonds is 5. The molecule has 1 saturated heterocycles. The van der Waals surface area contributed by atoms with Gasteiger partial charge in [-0.1, -0.05) is 13.8 Å². The van der Waals surface area contributed by atoms with Crippen molar-refractivity contribution in [1.82, 2.24) is 10.2 Å². The molecule has 1 amide bonds. The quantitative estimate of drug-likeness (QED) is 0.791. The van der Waals surface area contributed by atoms with Gasteiger partial charge in [-0.2, -0.15) is 0 Å². The molecule has 0 aromatic heterocycles. The zero-order valence-corrected chi connectivity index (χ0v) is 12.3. The molecule has 1 aliphatic rings. The molecule has 0 radical (unpaired) electrons. The molecule has 2 N–H and O–H groups in total. The van der Waals surface area contributed by atoms with Crippen molar-refractivity contribution in [2.45, 2.75) is 52.6 Å². The highest BCUT2D eigenvalue weighted by Gasteiger charge is 2.30. The minimum absolute atomic E-state index is 0.0295. The van der Waals surface area contributed by atoms with Crippen molar-refractivity contribution in [2.24, 2.45) is 11.8 Å². The van der Waals surface area contributed by atoms with Crippen molar-refractivity contribution < 1.29 is 14.7 Å². The molecule has 1 aliphatic heterocycles. The minimum Gasteiger partial charge on any atom is -0.481 e. The van der Waals surface area contributed by atoms with Crippen LogP contribution in [0.1, 0.15) is 40.5 Å². The predicted octanol–water partition coefficient (Wildman–Crippen LogP) is 1.33. The molecule has 0 spiro atoms. The molecule has 1 rings (SSSR count). The van der Waals surface area contributed by atoms with Gasteiger partial charge < -0.3 is 10.4 Å². The molecule has 0 aromatic rings. The van der Waals surface area contributed by atoms with Gasteiger partial charge in [0, 0.05) is 12.1 Å². The van der Waals surface area contributed by atoms with Gasteiger partial charge in [-0.25, -0.2) is 0 Å². The molecule has 3 unspecified atom stereocenters. The first-order valence-electron chi connectivity index (χ1n) is 7.07. The fourth-order valence-electron chi connectivity index (χ4n) is 2.33. The first-order chi connectivity index (χ1) is 8.81. The summed E-state index contributed by atoms with van der Waals surface area (Å²) < 4.78 is 0. The fraction of sp³-hybridized carbons (Fsp3) is 0.857. The lowest BCUT2D eigenvalue weighted by Gasteiger charge is -2.36. The molecule has 19 heavy (non-hydrogen) atoms. The predicted molar refractivity (Wildman–Crippen MR) is 73.8 cm³/mol. The van der Waals surface area contributed by atoms with Crippen LogP contribution in [0.15, 0.2) is 0 Å². The second-order valence-electron chi connectivity index (χ2n) is 5.98. The van der Waals surface area contributed by atoms with E-state index in [9.17, 15) is 9.59 Å². The van der Waals surface area contributed by atoms with Crippen molar-refractivity contribution in [3.8, 4) is 0 Å². The van der Waals surface area contributed by atoms with E-state index in [4.69, 9.17) is 5.11 Å². The van der Waals surface area contributed by atoms with Gasteiger partial charge in [0.25, 0.3) is 0 Å². The smallest absolute Gasteiger partial charge is 0.306 e. The van der Waals surface area contributed by atoms with Gasteiger partial charge >= 0.3 is 5.97 Å². The zero-order valence-electron chi connectivity index (χ0n) is 12.3. The van der Waals surface area contributed by atoms with Crippen molar-refractivity contribution in [2.75, 3.05) is 13.1 Å². The summed E-state index contributed by atoms with van der Waals surface area (Å²) in [4.78, 5) is 24.9. The molecule has 1 heterocycles. The Balaban J connectivity index is 2.42. The molecule has 5 nitrogen and oxygen atoms in total. The summed E-state index contributed by atoms with van der Waals surface area (Å²) in [6, 6.07) is 0.314. The number of nitrogens with one attached hydrogen (secondary N) is 1. The van der Waals surface area contributed by atoms with E-state index in [1.165, 1.54) is 0 Å². The first kappa shape index (κ1) is 16.0. The van der Waals surface area contributed by atoms with Crippen molar-refractivity contribution in [3.05, 3.63) is 0 Å². The number of carboxylic acids is 1. The number of nitrogens with zero attached hydrogens (tertiary/aromatic N) is 1. The average Bonchev–Trinajstić information content (AvgIpc) is 2.31. The highest BCUT2D eigenvalue weighted by atomic mass is 16.4. The molecule has 0 bridgehead atoms. The van der Waals surface area contributed by atoms with Crippen LogP contribution >= 0.6 is 0 Å². The fourth-order valence-corrected chi connectivity index (χ4v) is 2.33. The van der Waals surface area contributed by atoms with Gasteiger partial charge in [-0.3, -0.25) is 14.5 Å². The average molecular weight is 270 g/mol. The molecule has 110 valence electrons. The maximum absolute atomic E-state index is 11.9. The Bertz CT molecular complexity index is 331. The number of amides is 1. The number of aliphatic carboxylic acids is 1. The summed E-state index contributed by atoms with van der Waals surface area (Å²) in [6.45, 7) is 9.20. The lowest BCUT2D eigenvalue weighted by Crippen LogP contribution is -2.49. The van der Waals surface area contributed by atoms with Crippen molar-refractivity contribution in [1.29, 1.82) is 0 Å². The zero-order chi connectivity index (χ0) is 14.6. The van der Waals surface area contributed by atoms with Gasteiger partial charge in [0.15, 0.2) is 0 Å². The molecule has 3 atom stereocenters. The number of piperidine rings is 1. The molecule has 1 fully saturated rings. The number of hydrogen-bond donors (Lipinski definition) is 2. The standard InChI is InChI=1S/C14H26N2O3/c1-9(2)11(4)15-13(17)8-16-6-5-12(14(18)19)7-10(16)3/h9-12H,5-8H2,1-4H3,(H,15,17)(H,18,19). The highest BCUT2D eigenvalue weighted by Crippen LogP contribution is 2.22. The summed E-state index contributed by atoms with van der Waals surface area (Å²) in [5.41, 5.74) is 0. The summed E-state index contributed by atoms with van der Waals surface area (Å²) in [5.74, 6) is -0.533. The van der Waals surface area contributed by atoms with E-state index in [1.807, 2.05) is 13.8 Å². The second-order valence-corrected chi connectivity index (χ2v) is 5.98. The lowest BCUT2D eigenvalue weighted by atomic mass is 9.92. The molecule has 0 aromatic carbocycles. The third-order valence-corrected chi connectivity index (χ3v) is 4.10. The Morgan fingerprint density at radius 3 is 2.47 bits per heavy atom. The Morgan fingerprint density at radius 2 is 2.00 bits per heavy atom. The van der Waals surface area contributed by atoms with E-state index >= 15 is 0 Å². The van der Waals surface area contributed by atoms with Gasteiger partial charge in [-0.05, 0) is 39.2 Å². The van der Waals surface area contributed by atoms with E-state index in [0.29, 0.717) is 31.8 Å². The summed E-state index contributed by atoms with van der Waals surface area (Å²) in [6.07, 6.45) is 1.26. The van der Waals surface area contributed by atoms with E-state index in [2.05, 4.69) is 24.1 Å². The normalized spacial score (nSPS) is 26.2. The Labute approximate surface area is 115 Å². The minimum atomic E-state index is -0.718. The van der Waals surface area contributed by atoms with Crippen LogP contribution in [0.25, 0.3) is 0 Å². The van der Waals surface area contributed by atoms with Gasteiger partial charge in [-0.15, -0.1) is 0 Å². The number of carbonyl (C=O) groups is 2. The second kappa shape index (κ2) is 6.89. The van der Waals surface area contributed by atoms with Crippen LogP contribution < -0.4 is 5.32 Å². The van der Waals surface area contributed by atoms with Crippen molar-refractivity contribution in [3.63, 3.8) is 0 Å². The molecule has 5 heteroatoms. The van der Waals surface area contributed by atoms with Crippen LogP contribution in [0.4, 0.5) is 0 Å². The SMILES string of the molecule is CC(C)C(C)NC(=O)CN1CCC(C(=O)O)CC1C. The van der Waals surface area contributed by atoms with Crippen molar-refractivity contribution >= 4 is 11.9 Å². The number of carbonyl (C=O) groups excluding carboxylic acids is 1. The number of hydrogen-bond acceptors (Lipinski definition) is 3. The van der Waals surface area contributed by atoms with E-state index in [0.717, 1.165) is 0 Å². The van der Waals surface area contributed by atoms with Crippen LogP contribution in [0.5, 0.6) is 0 Å². The van der Waals surface area contributed by atoms with Gasteiger partial charge in [0.2, 0.25) is 5.91 Å². The van der Waals surface area contributed by atoms with E-state index in [-0.39, 0.29) is 23.9 Å². The molecule has 0 aliphatic carbocycles. The third kappa shape index (κ3) is 4.82. The van der Waals surface area contributed by atoms with E-state index < -0.39 is 5.97 Å². The maximum atomic E-state index is 11.9. The Morgan fingerprint density at radius 1 is 1.37 bits per heavy atom. The lowest BCUT2D eigenvalue weighted by molar-refractivity contribution is -0.144. The van der Waals surface area contributed by atoms with E-state index in [1.54, 1.807) is 0 Å². The summed E-state index contributed by atoms with van der Waals surface area (Å²) >= 11 is 0. The van der Waals surface area contributed by atoms with Crippen LogP contribution in [0, 0.1) is 11.8 Å².